The van der Waals surface area contributed by atoms with Gasteiger partial charge in [-0.25, -0.2) is 0 Å². The van der Waals surface area contributed by atoms with Gasteiger partial charge in [0.2, 0.25) is 0 Å². The number of aldehydes is 1. The molecule has 0 aliphatic carbocycles. The predicted octanol–water partition coefficient (Wildman–Crippen LogP) is 2.89. The van der Waals surface area contributed by atoms with Gasteiger partial charge in [0.05, 0.1) is 4.47 Å². The first kappa shape index (κ1) is 12.5. The van der Waals surface area contributed by atoms with Gasteiger partial charge < -0.3 is 4.74 Å². The van der Waals surface area contributed by atoms with E-state index in [4.69, 9.17) is 10.00 Å². The topological polar surface area (TPSA) is 50.1 Å². The Morgan fingerprint density at radius 2 is 2.31 bits per heavy atom. The lowest BCUT2D eigenvalue weighted by atomic mass is 10.1. The highest BCUT2D eigenvalue weighted by Gasteiger charge is 2.09. The van der Waals surface area contributed by atoms with Crippen LogP contribution in [-0.4, -0.2) is 12.9 Å². The summed E-state index contributed by atoms with van der Waals surface area (Å²) in [6.07, 6.45) is 3.07. The summed E-state index contributed by atoms with van der Waals surface area (Å²) >= 11 is 3.31. The summed E-state index contributed by atoms with van der Waals surface area (Å²) in [5.41, 5.74) is 1.40. The fourth-order valence-corrected chi connectivity index (χ4v) is 1.95. The molecule has 0 bridgehead atoms. The molecule has 0 amide bonds. The maximum atomic E-state index is 10.7. The molecule has 0 fully saturated rings. The van der Waals surface area contributed by atoms with Gasteiger partial charge in [0, 0.05) is 5.56 Å². The molecule has 0 aliphatic rings. The molecule has 0 heterocycles. The molecule has 0 radical (unpaired) electrons. The third-order valence-corrected chi connectivity index (χ3v) is 2.51. The summed E-state index contributed by atoms with van der Waals surface area (Å²) in [7, 11) is 0. The van der Waals surface area contributed by atoms with Gasteiger partial charge >= 0.3 is 0 Å². The Bertz CT molecular complexity index is 449. The molecule has 82 valence electrons. The van der Waals surface area contributed by atoms with Crippen LogP contribution in [0.3, 0.4) is 0 Å². The van der Waals surface area contributed by atoms with Crippen LogP contribution in [0.4, 0.5) is 0 Å². The van der Waals surface area contributed by atoms with Crippen molar-refractivity contribution in [3.63, 3.8) is 0 Å². The second kappa shape index (κ2) is 6.09. The zero-order chi connectivity index (χ0) is 12.0. The van der Waals surface area contributed by atoms with Crippen molar-refractivity contribution in [1.82, 2.24) is 0 Å². The predicted molar refractivity (Wildman–Crippen MR) is 64.5 cm³/mol. The second-order valence-corrected chi connectivity index (χ2v) is 3.90. The monoisotopic (exact) mass is 279 g/mol. The number of benzene rings is 1. The van der Waals surface area contributed by atoms with Crippen LogP contribution in [0.2, 0.25) is 0 Å². The highest BCUT2D eigenvalue weighted by atomic mass is 79.9. The summed E-state index contributed by atoms with van der Waals surface area (Å²) in [5.74, 6) is 0.590. The first-order valence-electron chi connectivity index (χ1n) is 4.61. The lowest BCUT2D eigenvalue weighted by molar-refractivity contribution is 0.112. The minimum atomic E-state index is -0.0246. The molecule has 0 spiro atoms. The summed E-state index contributed by atoms with van der Waals surface area (Å²) in [6, 6.07) is 5.29. The molecule has 0 aliphatic heterocycles. The van der Waals surface area contributed by atoms with Crippen molar-refractivity contribution >= 4 is 22.2 Å². The quantitative estimate of drug-likeness (QED) is 0.615. The zero-order valence-electron chi connectivity index (χ0n) is 8.57. The fraction of sp³-hybridized carbons (Fsp3) is 0.167. The number of carbonyl (C=O) groups excluding carboxylic acids is 1. The Hall–Kier alpha value is -1.60. The highest BCUT2D eigenvalue weighted by Crippen LogP contribution is 2.31. The minimum absolute atomic E-state index is 0.0246. The molecule has 0 saturated carbocycles. The third kappa shape index (κ3) is 2.94. The number of hydrogen-bond donors (Lipinski definition) is 0. The Kier molecular flexibility index (Phi) is 4.74. The molecule has 1 aromatic carbocycles. The van der Waals surface area contributed by atoms with Gasteiger partial charge in [0.25, 0.3) is 0 Å². The normalized spacial score (nSPS) is 9.25. The zero-order valence-corrected chi connectivity index (χ0v) is 10.2. The van der Waals surface area contributed by atoms with Crippen LogP contribution < -0.4 is 4.74 Å². The maximum absolute atomic E-state index is 10.7. The fourth-order valence-electron chi connectivity index (χ4n) is 1.31. The Morgan fingerprint density at radius 3 is 2.88 bits per heavy atom. The van der Waals surface area contributed by atoms with E-state index in [0.717, 1.165) is 11.8 Å². The van der Waals surface area contributed by atoms with Crippen molar-refractivity contribution in [3.05, 3.63) is 40.4 Å². The molecule has 0 N–H and O–H groups in total. The SMILES string of the molecule is C=CCc1cc(C=O)cc(Br)c1OCC#N. The van der Waals surface area contributed by atoms with E-state index in [9.17, 15) is 4.79 Å². The lowest BCUT2D eigenvalue weighted by Gasteiger charge is -2.10. The average molecular weight is 280 g/mol. The summed E-state index contributed by atoms with van der Waals surface area (Å²) in [5, 5.41) is 8.47. The number of rotatable bonds is 5. The van der Waals surface area contributed by atoms with Crippen molar-refractivity contribution in [2.45, 2.75) is 6.42 Å². The van der Waals surface area contributed by atoms with Gasteiger partial charge in [-0.3, -0.25) is 4.79 Å². The van der Waals surface area contributed by atoms with Gasteiger partial charge in [0.1, 0.15) is 18.1 Å². The molecule has 0 aromatic heterocycles. The van der Waals surface area contributed by atoms with Crippen LogP contribution in [0.25, 0.3) is 0 Å². The van der Waals surface area contributed by atoms with E-state index in [2.05, 4.69) is 22.5 Å². The number of carbonyl (C=O) groups is 1. The van der Waals surface area contributed by atoms with Crippen LogP contribution in [-0.2, 0) is 6.42 Å². The molecule has 0 atom stereocenters. The van der Waals surface area contributed by atoms with Crippen molar-refractivity contribution in [2.24, 2.45) is 0 Å². The van der Waals surface area contributed by atoms with Crippen LogP contribution in [0.15, 0.2) is 29.3 Å². The van der Waals surface area contributed by atoms with E-state index in [1.165, 1.54) is 0 Å². The number of ether oxygens (including phenoxy) is 1. The Morgan fingerprint density at radius 1 is 1.56 bits per heavy atom. The maximum Gasteiger partial charge on any atom is 0.174 e. The Labute approximate surface area is 102 Å². The van der Waals surface area contributed by atoms with Crippen LogP contribution >= 0.6 is 15.9 Å². The van der Waals surface area contributed by atoms with Crippen molar-refractivity contribution in [3.8, 4) is 11.8 Å². The molecular weight excluding hydrogens is 270 g/mol. The minimum Gasteiger partial charge on any atom is -0.477 e. The largest absolute Gasteiger partial charge is 0.477 e. The molecule has 3 nitrogen and oxygen atoms in total. The van der Waals surface area contributed by atoms with Gasteiger partial charge in [-0.15, -0.1) is 6.58 Å². The van der Waals surface area contributed by atoms with Gasteiger partial charge in [-0.05, 0) is 40.0 Å². The lowest BCUT2D eigenvalue weighted by Crippen LogP contribution is -2.00. The van der Waals surface area contributed by atoms with Crippen LogP contribution in [0.1, 0.15) is 15.9 Å². The summed E-state index contributed by atoms with van der Waals surface area (Å²) < 4.78 is 5.97. The first-order valence-corrected chi connectivity index (χ1v) is 5.40. The van der Waals surface area contributed by atoms with Crippen LogP contribution in [0, 0.1) is 11.3 Å². The molecular formula is C12H10BrNO2. The molecule has 0 saturated heterocycles. The van der Waals surface area contributed by atoms with E-state index >= 15 is 0 Å². The van der Waals surface area contributed by atoms with Gasteiger partial charge in [-0.1, -0.05) is 6.08 Å². The average Bonchev–Trinajstić information content (AvgIpc) is 2.28. The van der Waals surface area contributed by atoms with Gasteiger partial charge in [-0.2, -0.15) is 5.26 Å². The molecule has 1 rings (SSSR count). The van der Waals surface area contributed by atoms with Crippen LogP contribution in [0.5, 0.6) is 5.75 Å². The number of allylic oxidation sites excluding steroid dienone is 1. The van der Waals surface area contributed by atoms with E-state index in [1.807, 2.05) is 6.07 Å². The first-order chi connectivity index (χ1) is 7.72. The third-order valence-electron chi connectivity index (χ3n) is 1.92. The molecule has 4 heteroatoms. The molecule has 1 aromatic rings. The standard InChI is InChI=1S/C12H10BrNO2/c1-2-3-10-6-9(8-15)7-11(13)12(10)16-5-4-14/h2,6-8H,1,3,5H2. The number of hydrogen-bond acceptors (Lipinski definition) is 3. The summed E-state index contributed by atoms with van der Waals surface area (Å²) in [6.45, 7) is 3.61. The number of nitriles is 1. The molecule has 16 heavy (non-hydrogen) atoms. The molecule has 0 unspecified atom stereocenters. The highest BCUT2D eigenvalue weighted by molar-refractivity contribution is 9.10. The van der Waals surface area contributed by atoms with E-state index in [1.54, 1.807) is 18.2 Å². The van der Waals surface area contributed by atoms with Crippen molar-refractivity contribution < 1.29 is 9.53 Å². The van der Waals surface area contributed by atoms with E-state index < -0.39 is 0 Å². The van der Waals surface area contributed by atoms with Crippen molar-refractivity contribution in [2.75, 3.05) is 6.61 Å². The number of nitrogens with zero attached hydrogens (tertiary/aromatic N) is 1. The second-order valence-electron chi connectivity index (χ2n) is 3.05. The van der Waals surface area contributed by atoms with Gasteiger partial charge in [0.15, 0.2) is 6.61 Å². The van der Waals surface area contributed by atoms with Crippen molar-refractivity contribution in [1.29, 1.82) is 5.26 Å². The van der Waals surface area contributed by atoms with E-state index in [0.29, 0.717) is 22.2 Å². The smallest absolute Gasteiger partial charge is 0.174 e. The number of halogens is 1. The summed E-state index contributed by atoms with van der Waals surface area (Å²) in [4.78, 5) is 10.7. The Balaban J connectivity index is 3.17. The van der Waals surface area contributed by atoms with E-state index in [-0.39, 0.29) is 6.61 Å².